The second-order valence-electron chi connectivity index (χ2n) is 19.3. The van der Waals surface area contributed by atoms with E-state index in [-0.39, 0.29) is 19.3 Å². The Morgan fingerprint density at radius 3 is 0.744 bits per heavy atom. The van der Waals surface area contributed by atoms with Crippen molar-refractivity contribution in [1.82, 2.24) is 0 Å². The van der Waals surface area contributed by atoms with Gasteiger partial charge >= 0.3 is 71.6 Å². The molecule has 0 fully saturated rings. The Hall–Kier alpha value is -8.34. The summed E-state index contributed by atoms with van der Waals surface area (Å²) in [6, 6.07) is 0. The highest BCUT2D eigenvalue weighted by Gasteiger charge is 2.35. The van der Waals surface area contributed by atoms with Crippen LogP contribution in [0.25, 0.3) is 0 Å². The SMILES string of the molecule is CCCC(=O)OCOC(=O)CCC(C(C)=O)C(=O)OCC(COC(=O)C(C)C(C)=O)OC(=O)C(CCC(=O)OCOC(=O)CCC(C(C)=O)C(=O)OC(COC(=O)C(CC)C(C)=O)COC(=O)C(CCC(=O)OCOC(=O)CCC)C(C)=O)C(C)=O. The first-order valence-electron chi connectivity index (χ1n) is 27.4. The standard InChI is InChI=1S/C56H78O30/c1-11-14-45(63)79-28-81-47(65)20-16-41(34(7)59)53(71)77-26-38(24-75-51(69)31(4)32(5)57)85-55(73)43(36(9)61)18-22-49(67)83-30-84-50(68)23-19-44(37(10)62)56(74)86-39(25-76-52(70)40(13-3)33(6)58)27-78-54(72)42(35(8)60)17-21-48(66)82-29-80-46(64)15-12-2/h31,38-44H,11-30H2,1-10H3. The summed E-state index contributed by atoms with van der Waals surface area (Å²) in [4.78, 5) is 225. The van der Waals surface area contributed by atoms with Crippen LogP contribution >= 0.6 is 0 Å². The molecule has 0 saturated heterocycles. The van der Waals surface area contributed by atoms with Gasteiger partial charge < -0.3 is 56.8 Å². The van der Waals surface area contributed by atoms with Gasteiger partial charge in [0, 0.05) is 38.5 Å². The molecule has 86 heavy (non-hydrogen) atoms. The molecule has 0 aliphatic heterocycles. The van der Waals surface area contributed by atoms with Crippen molar-refractivity contribution in [3.05, 3.63) is 0 Å². The molecule has 0 heterocycles. The minimum atomic E-state index is -1.71. The number of carbonyl (C=O) groups excluding carboxylic acids is 18. The molecule has 0 aliphatic rings. The molecule has 0 saturated carbocycles. The lowest BCUT2D eigenvalue weighted by Crippen LogP contribution is -2.37. The summed E-state index contributed by atoms with van der Waals surface area (Å²) in [7, 11) is 0. The van der Waals surface area contributed by atoms with Gasteiger partial charge in [-0.2, -0.15) is 0 Å². The van der Waals surface area contributed by atoms with Gasteiger partial charge in [-0.05, 0) is 93.4 Å². The summed E-state index contributed by atoms with van der Waals surface area (Å²) < 4.78 is 60.1. The van der Waals surface area contributed by atoms with Crippen molar-refractivity contribution in [3.63, 3.8) is 0 Å². The van der Waals surface area contributed by atoms with Gasteiger partial charge in [0.05, 0.1) is 0 Å². The largest absolute Gasteiger partial charge is 0.461 e. The molecule has 30 nitrogen and oxygen atoms in total. The van der Waals surface area contributed by atoms with Gasteiger partial charge in [-0.1, -0.05) is 20.8 Å². The fourth-order valence-electron chi connectivity index (χ4n) is 6.96. The van der Waals surface area contributed by atoms with Crippen LogP contribution in [0.2, 0.25) is 0 Å². The Kier molecular flexibility index (Phi) is 38.3. The molecule has 0 amide bonds. The number of hydrogen-bond acceptors (Lipinski definition) is 30. The number of carbonyl (C=O) groups is 18. The molecule has 0 N–H and O–H groups in total. The quantitative estimate of drug-likeness (QED) is 0.0366. The van der Waals surface area contributed by atoms with Gasteiger partial charge in [-0.3, -0.25) is 86.3 Å². The molecule has 30 heteroatoms. The molecule has 0 rings (SSSR count). The van der Waals surface area contributed by atoms with Gasteiger partial charge in [0.15, 0.2) is 12.2 Å². The fourth-order valence-corrected chi connectivity index (χ4v) is 6.96. The van der Waals surface area contributed by atoms with E-state index < -0.39 is 252 Å². The van der Waals surface area contributed by atoms with E-state index in [1.54, 1.807) is 13.8 Å². The Bertz CT molecular complexity index is 2420. The molecule has 8 unspecified atom stereocenters. The molecular formula is C56H78O30. The van der Waals surface area contributed by atoms with Crippen molar-refractivity contribution in [2.75, 3.05) is 46.8 Å². The van der Waals surface area contributed by atoms with Crippen LogP contribution < -0.4 is 0 Å². The van der Waals surface area contributed by atoms with Gasteiger partial charge in [0.25, 0.3) is 0 Å². The summed E-state index contributed by atoms with van der Waals surface area (Å²) >= 11 is 0. The lowest BCUT2D eigenvalue weighted by molar-refractivity contribution is -0.175. The molecule has 0 aromatic heterocycles. The van der Waals surface area contributed by atoms with Crippen molar-refractivity contribution in [1.29, 1.82) is 0 Å². The smallest absolute Gasteiger partial charge is 0.317 e. The van der Waals surface area contributed by atoms with Crippen LogP contribution in [-0.4, -0.2) is 165 Å². The highest BCUT2D eigenvalue weighted by molar-refractivity contribution is 6.01. The normalized spacial score (nSPS) is 13.5. The van der Waals surface area contributed by atoms with Gasteiger partial charge in [-0.25, -0.2) is 0 Å². The van der Waals surface area contributed by atoms with Crippen molar-refractivity contribution in [3.8, 4) is 0 Å². The zero-order valence-corrected chi connectivity index (χ0v) is 50.0. The molecule has 0 aliphatic carbocycles. The molecule has 0 radical (unpaired) electrons. The van der Waals surface area contributed by atoms with Crippen LogP contribution in [0.4, 0.5) is 0 Å². The molecule has 482 valence electrons. The molecule has 0 aromatic rings. The number of hydrogen-bond donors (Lipinski definition) is 0. The van der Waals surface area contributed by atoms with Crippen molar-refractivity contribution in [2.24, 2.45) is 35.5 Å². The summed E-state index contributed by atoms with van der Waals surface area (Å²) in [5.74, 6) is -25.9. The third kappa shape index (κ3) is 32.6. The first kappa shape index (κ1) is 77.7. The van der Waals surface area contributed by atoms with Crippen molar-refractivity contribution >= 4 is 106 Å². The third-order valence-electron chi connectivity index (χ3n) is 12.2. The zero-order chi connectivity index (χ0) is 65.6. The maximum Gasteiger partial charge on any atom is 0.317 e. The van der Waals surface area contributed by atoms with E-state index in [9.17, 15) is 86.3 Å². The number of ether oxygens (including phenoxy) is 12. The van der Waals surface area contributed by atoms with E-state index in [1.165, 1.54) is 13.8 Å². The summed E-state index contributed by atoms with van der Waals surface area (Å²) in [6.07, 6.45) is -6.60. The molecular weight excluding hydrogens is 1150 g/mol. The van der Waals surface area contributed by atoms with E-state index in [1.807, 2.05) is 0 Å². The van der Waals surface area contributed by atoms with Gasteiger partial charge in [0.2, 0.25) is 20.4 Å². The van der Waals surface area contributed by atoms with E-state index in [4.69, 9.17) is 56.8 Å². The predicted octanol–water partition coefficient (Wildman–Crippen LogP) is 2.50. The second kappa shape index (κ2) is 42.5. The maximum absolute atomic E-state index is 13.4. The van der Waals surface area contributed by atoms with Crippen LogP contribution in [0.5, 0.6) is 0 Å². The summed E-state index contributed by atoms with van der Waals surface area (Å²) in [5.41, 5.74) is 0. The number of Topliss-reactive ketones (excluding diaryl/α,β-unsaturated/α-hetero) is 6. The van der Waals surface area contributed by atoms with Crippen LogP contribution in [0.3, 0.4) is 0 Å². The van der Waals surface area contributed by atoms with Crippen LogP contribution in [0.15, 0.2) is 0 Å². The Morgan fingerprint density at radius 1 is 0.279 bits per heavy atom. The van der Waals surface area contributed by atoms with E-state index in [0.29, 0.717) is 12.8 Å². The Morgan fingerprint density at radius 2 is 0.512 bits per heavy atom. The minimum absolute atomic E-state index is 0.0242. The van der Waals surface area contributed by atoms with Gasteiger partial charge in [0.1, 0.15) is 96.6 Å². The average molecular weight is 1230 g/mol. The van der Waals surface area contributed by atoms with Crippen LogP contribution in [0, 0.1) is 35.5 Å². The predicted molar refractivity (Wildman–Crippen MR) is 282 cm³/mol. The first-order chi connectivity index (χ1) is 40.4. The Balaban J connectivity index is 5.81. The number of rotatable bonds is 45. The van der Waals surface area contributed by atoms with Crippen LogP contribution in [-0.2, 0) is 143 Å². The van der Waals surface area contributed by atoms with Gasteiger partial charge in [-0.15, -0.1) is 0 Å². The maximum atomic E-state index is 13.4. The number of esters is 12. The molecule has 8 atom stereocenters. The molecule has 0 spiro atoms. The summed E-state index contributed by atoms with van der Waals surface area (Å²) in [6.45, 7) is 6.46. The van der Waals surface area contributed by atoms with E-state index >= 15 is 0 Å². The minimum Gasteiger partial charge on any atom is -0.461 e. The zero-order valence-electron chi connectivity index (χ0n) is 50.0. The highest BCUT2D eigenvalue weighted by atomic mass is 16.7. The van der Waals surface area contributed by atoms with E-state index in [0.717, 1.165) is 41.5 Å². The lowest BCUT2D eigenvalue weighted by atomic mass is 9.99. The van der Waals surface area contributed by atoms with Crippen LogP contribution in [0.1, 0.15) is 153 Å². The van der Waals surface area contributed by atoms with E-state index in [2.05, 4.69) is 0 Å². The monoisotopic (exact) mass is 1230 g/mol. The average Bonchev–Trinajstić information content (AvgIpc) is 3.55. The fraction of sp³-hybridized carbons (Fsp3) is 0.679. The molecule has 0 aromatic carbocycles. The molecule has 0 bridgehead atoms. The van der Waals surface area contributed by atoms with Crippen molar-refractivity contribution < 1.29 is 143 Å². The second-order valence-corrected chi connectivity index (χ2v) is 19.3. The third-order valence-corrected chi connectivity index (χ3v) is 12.2. The first-order valence-corrected chi connectivity index (χ1v) is 27.4. The lowest BCUT2D eigenvalue weighted by Gasteiger charge is -2.22. The number of ketones is 6. The Labute approximate surface area is 495 Å². The van der Waals surface area contributed by atoms with Crippen molar-refractivity contribution in [2.45, 2.75) is 165 Å². The topological polar surface area (TPSA) is 418 Å². The summed E-state index contributed by atoms with van der Waals surface area (Å²) in [5, 5.41) is 0. The highest BCUT2D eigenvalue weighted by Crippen LogP contribution is 2.19.